The van der Waals surface area contributed by atoms with Crippen LogP contribution in [0, 0.1) is 5.92 Å². The Labute approximate surface area is 150 Å². The van der Waals surface area contributed by atoms with Gasteiger partial charge >= 0.3 is 5.97 Å². The lowest BCUT2D eigenvalue weighted by molar-refractivity contribution is 0.0520. The smallest absolute Gasteiger partial charge is 0.357 e. The molecule has 0 N–H and O–H groups in total. The topological polar surface area (TPSA) is 44.1 Å². The molecule has 0 aliphatic rings. The van der Waals surface area contributed by atoms with Crippen LogP contribution >= 0.6 is 22.9 Å². The molecule has 0 saturated heterocycles. The standard InChI is InChI=1S/C18H19ClN2O2S/c1-4-23-18(22)15-10-24-17(20-15)14-9-21(8-11(2)3)16-6-5-12(19)7-13(14)16/h5-7,9-11H,4,8H2,1-3H3. The first-order chi connectivity index (χ1) is 11.5. The lowest BCUT2D eigenvalue weighted by Gasteiger charge is -2.07. The zero-order valence-electron chi connectivity index (χ0n) is 13.9. The summed E-state index contributed by atoms with van der Waals surface area (Å²) in [5.74, 6) is 0.138. The molecule has 0 amide bonds. The van der Waals surface area contributed by atoms with E-state index >= 15 is 0 Å². The summed E-state index contributed by atoms with van der Waals surface area (Å²) >= 11 is 7.63. The largest absolute Gasteiger partial charge is 0.461 e. The van der Waals surface area contributed by atoms with Gasteiger partial charge in [-0.3, -0.25) is 0 Å². The predicted octanol–water partition coefficient (Wildman–Crippen LogP) is 5.25. The molecule has 126 valence electrons. The molecule has 0 aliphatic carbocycles. The summed E-state index contributed by atoms with van der Waals surface area (Å²) in [7, 11) is 0. The van der Waals surface area contributed by atoms with Gasteiger partial charge in [0.05, 0.1) is 6.61 Å². The molecule has 0 bridgehead atoms. The summed E-state index contributed by atoms with van der Waals surface area (Å²) in [4.78, 5) is 16.3. The van der Waals surface area contributed by atoms with Crippen LogP contribution in [-0.4, -0.2) is 22.1 Å². The predicted molar refractivity (Wildman–Crippen MR) is 98.9 cm³/mol. The van der Waals surface area contributed by atoms with Crippen molar-refractivity contribution in [1.82, 2.24) is 9.55 Å². The second kappa shape index (κ2) is 6.95. The van der Waals surface area contributed by atoms with Crippen LogP contribution in [0.25, 0.3) is 21.5 Å². The second-order valence-corrected chi connectivity index (χ2v) is 7.30. The quantitative estimate of drug-likeness (QED) is 0.582. The first-order valence-electron chi connectivity index (χ1n) is 7.91. The first kappa shape index (κ1) is 17.0. The number of hydrogen-bond donors (Lipinski definition) is 0. The molecular formula is C18H19ClN2O2S. The van der Waals surface area contributed by atoms with Crippen LogP contribution in [0.15, 0.2) is 29.8 Å². The molecule has 0 unspecified atom stereocenters. The molecule has 0 atom stereocenters. The molecule has 0 aliphatic heterocycles. The first-order valence-corrected chi connectivity index (χ1v) is 9.16. The molecule has 2 aromatic heterocycles. The van der Waals surface area contributed by atoms with Gasteiger partial charge in [0.25, 0.3) is 0 Å². The van der Waals surface area contributed by atoms with Crippen LogP contribution in [0.1, 0.15) is 31.3 Å². The third kappa shape index (κ3) is 3.32. The highest BCUT2D eigenvalue weighted by atomic mass is 35.5. The Bertz CT molecular complexity index is 882. The van der Waals surface area contributed by atoms with Gasteiger partial charge in [-0.25, -0.2) is 9.78 Å². The Morgan fingerprint density at radius 3 is 2.92 bits per heavy atom. The average Bonchev–Trinajstić information content (AvgIpc) is 3.12. The molecule has 0 saturated carbocycles. The van der Waals surface area contributed by atoms with Gasteiger partial charge in [-0.2, -0.15) is 0 Å². The number of ether oxygens (including phenoxy) is 1. The minimum atomic E-state index is -0.385. The Morgan fingerprint density at radius 1 is 1.42 bits per heavy atom. The summed E-state index contributed by atoms with van der Waals surface area (Å²) in [6.45, 7) is 7.41. The number of rotatable bonds is 5. The van der Waals surface area contributed by atoms with Crippen LogP contribution in [-0.2, 0) is 11.3 Å². The highest BCUT2D eigenvalue weighted by Gasteiger charge is 2.17. The summed E-state index contributed by atoms with van der Waals surface area (Å²) < 4.78 is 7.24. The van der Waals surface area contributed by atoms with Crippen LogP contribution in [0.4, 0.5) is 0 Å². The maximum absolute atomic E-state index is 11.9. The molecule has 0 radical (unpaired) electrons. The van der Waals surface area contributed by atoms with E-state index in [4.69, 9.17) is 16.3 Å². The number of halogens is 1. The summed E-state index contributed by atoms with van der Waals surface area (Å²) in [6.07, 6.45) is 2.09. The molecule has 0 spiro atoms. The molecule has 3 rings (SSSR count). The van der Waals surface area contributed by atoms with Crippen molar-refractivity contribution in [1.29, 1.82) is 0 Å². The SMILES string of the molecule is CCOC(=O)c1csc(-c2cn(CC(C)C)c3ccc(Cl)cc23)n1. The van der Waals surface area contributed by atoms with E-state index in [0.29, 0.717) is 23.2 Å². The molecule has 3 aromatic rings. The number of esters is 1. The van der Waals surface area contributed by atoms with Gasteiger partial charge in [0.15, 0.2) is 5.69 Å². The Hall–Kier alpha value is -1.85. The minimum Gasteiger partial charge on any atom is -0.461 e. The molecule has 6 heteroatoms. The Balaban J connectivity index is 2.08. The average molecular weight is 363 g/mol. The number of benzene rings is 1. The van der Waals surface area contributed by atoms with Crippen molar-refractivity contribution in [3.05, 3.63) is 40.5 Å². The lowest BCUT2D eigenvalue weighted by atomic mass is 10.2. The molecule has 0 fully saturated rings. The Morgan fingerprint density at radius 2 is 2.21 bits per heavy atom. The van der Waals surface area contributed by atoms with E-state index in [1.54, 1.807) is 12.3 Å². The summed E-state index contributed by atoms with van der Waals surface area (Å²) in [6, 6.07) is 5.88. The van der Waals surface area contributed by atoms with Gasteiger partial charge < -0.3 is 9.30 Å². The summed E-state index contributed by atoms with van der Waals surface area (Å²) in [5, 5.41) is 4.28. The summed E-state index contributed by atoms with van der Waals surface area (Å²) in [5.41, 5.74) is 2.47. The van der Waals surface area contributed by atoms with E-state index in [9.17, 15) is 4.79 Å². The number of thiazole rings is 1. The number of nitrogens with zero attached hydrogens (tertiary/aromatic N) is 2. The van der Waals surface area contributed by atoms with E-state index < -0.39 is 0 Å². The number of carbonyl (C=O) groups excluding carboxylic acids is 1. The van der Waals surface area contributed by atoms with Crippen LogP contribution < -0.4 is 0 Å². The minimum absolute atomic E-state index is 0.342. The van der Waals surface area contributed by atoms with Crippen molar-refractivity contribution in [3.8, 4) is 10.6 Å². The van der Waals surface area contributed by atoms with Crippen LogP contribution in [0.3, 0.4) is 0 Å². The van der Waals surface area contributed by atoms with Gasteiger partial charge in [0.2, 0.25) is 0 Å². The molecular weight excluding hydrogens is 344 g/mol. The van der Waals surface area contributed by atoms with Crippen molar-refractivity contribution < 1.29 is 9.53 Å². The van der Waals surface area contributed by atoms with Gasteiger partial charge in [-0.1, -0.05) is 25.4 Å². The third-order valence-electron chi connectivity index (χ3n) is 3.62. The fraction of sp³-hybridized carbons (Fsp3) is 0.333. The fourth-order valence-corrected chi connectivity index (χ4v) is 3.67. The van der Waals surface area contributed by atoms with Gasteiger partial charge in [-0.15, -0.1) is 11.3 Å². The maximum atomic E-state index is 11.9. The molecule has 24 heavy (non-hydrogen) atoms. The van der Waals surface area contributed by atoms with Crippen molar-refractivity contribution in [2.24, 2.45) is 5.92 Å². The van der Waals surface area contributed by atoms with E-state index in [1.807, 2.05) is 18.2 Å². The van der Waals surface area contributed by atoms with Crippen LogP contribution in [0.2, 0.25) is 5.02 Å². The third-order valence-corrected chi connectivity index (χ3v) is 4.73. The number of aromatic nitrogens is 2. The van der Waals surface area contributed by atoms with Crippen molar-refractivity contribution >= 4 is 39.8 Å². The lowest BCUT2D eigenvalue weighted by Crippen LogP contribution is -2.04. The zero-order chi connectivity index (χ0) is 17.3. The Kier molecular flexibility index (Phi) is 4.92. The van der Waals surface area contributed by atoms with E-state index in [1.165, 1.54) is 11.3 Å². The fourth-order valence-electron chi connectivity index (χ4n) is 2.68. The van der Waals surface area contributed by atoms with Crippen molar-refractivity contribution in [2.75, 3.05) is 6.61 Å². The number of hydrogen-bond acceptors (Lipinski definition) is 4. The second-order valence-electron chi connectivity index (χ2n) is 6.01. The van der Waals surface area contributed by atoms with Crippen molar-refractivity contribution in [3.63, 3.8) is 0 Å². The maximum Gasteiger partial charge on any atom is 0.357 e. The number of carbonyl (C=O) groups is 1. The van der Waals surface area contributed by atoms with Gasteiger partial charge in [0.1, 0.15) is 5.01 Å². The normalized spacial score (nSPS) is 11.4. The van der Waals surface area contributed by atoms with E-state index in [2.05, 4.69) is 29.6 Å². The molecule has 1 aromatic carbocycles. The van der Waals surface area contributed by atoms with E-state index in [-0.39, 0.29) is 5.97 Å². The highest BCUT2D eigenvalue weighted by Crippen LogP contribution is 2.34. The monoisotopic (exact) mass is 362 g/mol. The number of fused-ring (bicyclic) bond motifs is 1. The van der Waals surface area contributed by atoms with Crippen LogP contribution in [0.5, 0.6) is 0 Å². The zero-order valence-corrected chi connectivity index (χ0v) is 15.4. The van der Waals surface area contributed by atoms with Crippen molar-refractivity contribution in [2.45, 2.75) is 27.3 Å². The highest BCUT2D eigenvalue weighted by molar-refractivity contribution is 7.13. The van der Waals surface area contributed by atoms with Gasteiger partial charge in [-0.05, 0) is 31.0 Å². The van der Waals surface area contributed by atoms with Gasteiger partial charge in [0, 0.05) is 39.6 Å². The molecule has 4 nitrogen and oxygen atoms in total. The van der Waals surface area contributed by atoms with E-state index in [0.717, 1.165) is 28.0 Å². The molecule has 2 heterocycles.